The Labute approximate surface area is 168 Å². The predicted molar refractivity (Wildman–Crippen MR) is 105 cm³/mol. The van der Waals surface area contributed by atoms with Crippen LogP contribution in [0, 0.1) is 6.92 Å². The Balaban J connectivity index is 1.94. The number of esters is 1. The molecule has 1 heterocycles. The average Bonchev–Trinajstić information content (AvgIpc) is 2.66. The largest absolute Gasteiger partial charge is 0.508 e. The number of aryl methyl sites for hydroxylation is 1. The maximum Gasteiger partial charge on any atom is 0.343 e. The van der Waals surface area contributed by atoms with E-state index in [1.54, 1.807) is 19.1 Å². The summed E-state index contributed by atoms with van der Waals surface area (Å²) in [6.07, 6.45) is 4.24. The van der Waals surface area contributed by atoms with Crippen LogP contribution in [0.2, 0.25) is 0 Å². The Morgan fingerprint density at radius 1 is 1.38 bits per heavy atom. The lowest BCUT2D eigenvalue weighted by Gasteiger charge is -2.39. The Morgan fingerprint density at radius 3 is 2.76 bits per heavy atom. The minimum absolute atomic E-state index is 0.0474. The van der Waals surface area contributed by atoms with Gasteiger partial charge in [-0.15, -0.1) is 0 Å². The summed E-state index contributed by atoms with van der Waals surface area (Å²) >= 11 is 0. The summed E-state index contributed by atoms with van der Waals surface area (Å²) in [5.41, 5.74) is -0.197. The van der Waals surface area contributed by atoms with E-state index in [2.05, 4.69) is 0 Å². The zero-order valence-electron chi connectivity index (χ0n) is 16.8. The van der Waals surface area contributed by atoms with Gasteiger partial charge in [0.05, 0.1) is 7.11 Å². The van der Waals surface area contributed by atoms with E-state index in [9.17, 15) is 19.8 Å². The van der Waals surface area contributed by atoms with Crippen molar-refractivity contribution in [2.24, 2.45) is 0 Å². The van der Waals surface area contributed by atoms with Crippen LogP contribution in [0.1, 0.15) is 36.2 Å². The minimum Gasteiger partial charge on any atom is -0.508 e. The van der Waals surface area contributed by atoms with Gasteiger partial charge in [0.15, 0.2) is 5.60 Å². The maximum absolute atomic E-state index is 13.1. The number of aliphatic hydroxyl groups is 1. The molecule has 3 rings (SSSR count). The van der Waals surface area contributed by atoms with Crippen molar-refractivity contribution >= 4 is 11.8 Å². The van der Waals surface area contributed by atoms with Gasteiger partial charge >= 0.3 is 5.97 Å². The number of ether oxygens (including phenoxy) is 3. The zero-order chi connectivity index (χ0) is 21.3. The fourth-order valence-electron chi connectivity index (χ4n) is 3.57. The lowest BCUT2D eigenvalue weighted by molar-refractivity contribution is -0.147. The number of carbonyl (C=O) groups excluding carboxylic acids is 2. The van der Waals surface area contributed by atoms with Crippen LogP contribution < -0.4 is 4.74 Å². The van der Waals surface area contributed by atoms with Crippen molar-refractivity contribution in [2.45, 2.75) is 38.9 Å². The minimum atomic E-state index is -1.76. The van der Waals surface area contributed by atoms with Gasteiger partial charge in [-0.05, 0) is 50.1 Å². The number of Topliss-reactive ketones (excluding diaryl/α,β-unsaturated/α-hetero) is 1. The topological polar surface area (TPSA) is 102 Å². The first kappa shape index (κ1) is 20.7. The standard InChI is InChI=1S/C22H24O7/c1-5-6-15-8-13-9-18(24)22(3,20(25)16(13)11-28-15)29-21(26)19-12(2)7-14(23)10-17(19)27-4/h5-8,10,18,23-24H,9,11H2,1-4H3/b6-5+/t18-,22-/m0/s1. The average molecular weight is 400 g/mol. The van der Waals surface area contributed by atoms with E-state index in [0.717, 1.165) is 0 Å². The first-order valence-corrected chi connectivity index (χ1v) is 9.24. The normalized spacial score (nSPS) is 24.1. The molecular weight excluding hydrogens is 376 g/mol. The number of aliphatic hydroxyl groups excluding tert-OH is 1. The third kappa shape index (κ3) is 3.65. The van der Waals surface area contributed by atoms with Gasteiger partial charge in [0, 0.05) is 18.1 Å². The molecule has 0 saturated heterocycles. The van der Waals surface area contributed by atoms with Crippen molar-refractivity contribution < 1.29 is 34.0 Å². The fraction of sp³-hybridized carbons (Fsp3) is 0.364. The zero-order valence-corrected chi connectivity index (χ0v) is 16.8. The van der Waals surface area contributed by atoms with E-state index in [0.29, 0.717) is 22.5 Å². The highest BCUT2D eigenvalue weighted by atomic mass is 16.6. The fourth-order valence-corrected chi connectivity index (χ4v) is 3.57. The molecule has 7 heteroatoms. The second kappa shape index (κ2) is 7.75. The molecule has 2 N–H and O–H groups in total. The van der Waals surface area contributed by atoms with E-state index >= 15 is 0 Å². The second-order valence-corrected chi connectivity index (χ2v) is 7.22. The van der Waals surface area contributed by atoms with E-state index < -0.39 is 23.5 Å². The number of ketones is 1. The molecule has 29 heavy (non-hydrogen) atoms. The Hall–Kier alpha value is -3.06. The number of methoxy groups -OCH3 is 1. The Kier molecular flexibility index (Phi) is 5.53. The maximum atomic E-state index is 13.1. The molecule has 0 fully saturated rings. The molecule has 1 aliphatic heterocycles. The van der Waals surface area contributed by atoms with Gasteiger partial charge in [-0.2, -0.15) is 0 Å². The number of hydrogen-bond acceptors (Lipinski definition) is 7. The number of hydrogen-bond donors (Lipinski definition) is 2. The highest BCUT2D eigenvalue weighted by Crippen LogP contribution is 2.38. The van der Waals surface area contributed by atoms with Crippen LogP contribution in [0.4, 0.5) is 0 Å². The lowest BCUT2D eigenvalue weighted by Crippen LogP contribution is -2.54. The second-order valence-electron chi connectivity index (χ2n) is 7.22. The number of phenols is 1. The molecule has 0 aromatic heterocycles. The molecule has 0 amide bonds. The van der Waals surface area contributed by atoms with E-state index in [4.69, 9.17) is 14.2 Å². The van der Waals surface area contributed by atoms with Gasteiger partial charge in [-0.1, -0.05) is 6.08 Å². The van der Waals surface area contributed by atoms with Crippen LogP contribution in [0.25, 0.3) is 0 Å². The van der Waals surface area contributed by atoms with Crippen LogP contribution in [-0.2, 0) is 14.3 Å². The quantitative estimate of drug-likeness (QED) is 0.749. The van der Waals surface area contributed by atoms with E-state index in [-0.39, 0.29) is 30.1 Å². The first-order chi connectivity index (χ1) is 13.7. The number of benzene rings is 1. The highest BCUT2D eigenvalue weighted by Gasteiger charge is 2.50. The lowest BCUT2D eigenvalue weighted by atomic mass is 9.77. The molecule has 154 valence electrons. The van der Waals surface area contributed by atoms with Crippen LogP contribution in [0.3, 0.4) is 0 Å². The van der Waals surface area contributed by atoms with Crippen LogP contribution in [0.15, 0.2) is 47.3 Å². The van der Waals surface area contributed by atoms with Crippen molar-refractivity contribution in [3.8, 4) is 11.5 Å². The van der Waals surface area contributed by atoms with Crippen molar-refractivity contribution in [3.05, 3.63) is 58.4 Å². The molecule has 2 atom stereocenters. The first-order valence-electron chi connectivity index (χ1n) is 9.24. The molecule has 0 spiro atoms. The summed E-state index contributed by atoms with van der Waals surface area (Å²) in [4.78, 5) is 26.0. The van der Waals surface area contributed by atoms with Gasteiger partial charge < -0.3 is 24.4 Å². The molecular formula is C22H24O7. The summed E-state index contributed by atoms with van der Waals surface area (Å²) < 4.78 is 16.3. The highest BCUT2D eigenvalue weighted by molar-refractivity contribution is 6.07. The van der Waals surface area contributed by atoms with Crippen LogP contribution in [0.5, 0.6) is 11.5 Å². The SMILES string of the molecule is C/C=C/C1=CC2=C(CO1)C(=O)[C@@](C)(OC(=O)c1c(C)cc(O)cc1OC)[C@@H](O)C2. The van der Waals surface area contributed by atoms with E-state index in [1.165, 1.54) is 26.2 Å². The van der Waals surface area contributed by atoms with Crippen molar-refractivity contribution in [1.29, 1.82) is 0 Å². The van der Waals surface area contributed by atoms with Gasteiger partial charge in [0.2, 0.25) is 5.78 Å². The number of aromatic hydroxyl groups is 1. The molecule has 0 bridgehead atoms. The molecule has 0 radical (unpaired) electrons. The van der Waals surface area contributed by atoms with E-state index in [1.807, 2.05) is 13.0 Å². The monoisotopic (exact) mass is 400 g/mol. The Bertz CT molecular complexity index is 954. The van der Waals surface area contributed by atoms with Crippen molar-refractivity contribution in [3.63, 3.8) is 0 Å². The van der Waals surface area contributed by atoms with Crippen LogP contribution in [-0.4, -0.2) is 47.4 Å². The summed E-state index contributed by atoms with van der Waals surface area (Å²) in [7, 11) is 1.36. The molecule has 7 nitrogen and oxygen atoms in total. The molecule has 1 aromatic rings. The summed E-state index contributed by atoms with van der Waals surface area (Å²) in [6, 6.07) is 2.68. The predicted octanol–water partition coefficient (Wildman–Crippen LogP) is 2.75. The van der Waals surface area contributed by atoms with Gasteiger partial charge in [0.1, 0.15) is 35.5 Å². The van der Waals surface area contributed by atoms with Crippen molar-refractivity contribution in [2.75, 3.05) is 13.7 Å². The number of allylic oxidation sites excluding steroid dienone is 3. The Morgan fingerprint density at radius 2 is 2.10 bits per heavy atom. The van der Waals surface area contributed by atoms with Gasteiger partial charge in [-0.25, -0.2) is 4.79 Å². The van der Waals surface area contributed by atoms with Crippen LogP contribution >= 0.6 is 0 Å². The molecule has 1 aromatic carbocycles. The van der Waals surface area contributed by atoms with Crippen molar-refractivity contribution in [1.82, 2.24) is 0 Å². The molecule has 0 saturated carbocycles. The summed E-state index contributed by atoms with van der Waals surface area (Å²) in [6.45, 7) is 4.91. The van der Waals surface area contributed by atoms with Gasteiger partial charge in [0.25, 0.3) is 0 Å². The molecule has 0 unspecified atom stereocenters. The third-order valence-corrected chi connectivity index (χ3v) is 5.21. The third-order valence-electron chi connectivity index (χ3n) is 5.21. The molecule has 2 aliphatic rings. The number of rotatable bonds is 4. The number of carbonyl (C=O) groups is 2. The summed E-state index contributed by atoms with van der Waals surface area (Å²) in [5, 5.41) is 20.4. The summed E-state index contributed by atoms with van der Waals surface area (Å²) in [5.74, 6) is -0.648. The number of phenolic OH excluding ortho intramolecular Hbond substituents is 1. The van der Waals surface area contributed by atoms with Gasteiger partial charge in [-0.3, -0.25) is 4.79 Å². The molecule has 1 aliphatic carbocycles. The smallest absolute Gasteiger partial charge is 0.343 e.